The zero-order valence-electron chi connectivity index (χ0n) is 13.2. The van der Waals surface area contributed by atoms with Crippen molar-refractivity contribution in [3.8, 4) is 17.1 Å². The summed E-state index contributed by atoms with van der Waals surface area (Å²) in [5.41, 5.74) is 1.65. The van der Waals surface area contributed by atoms with Gasteiger partial charge in [-0.05, 0) is 42.6 Å². The van der Waals surface area contributed by atoms with Crippen molar-refractivity contribution >= 4 is 22.9 Å². The lowest BCUT2D eigenvalue weighted by molar-refractivity contribution is -0.116. The Morgan fingerprint density at radius 3 is 2.83 bits per heavy atom. The highest BCUT2D eigenvalue weighted by Gasteiger charge is 2.11. The molecule has 2 aromatic heterocycles. The minimum atomic E-state index is -0.102. The van der Waals surface area contributed by atoms with Crippen LogP contribution in [0.1, 0.15) is 19.2 Å². The Morgan fingerprint density at radius 1 is 1.29 bits per heavy atom. The van der Waals surface area contributed by atoms with Crippen LogP contribution >= 0.6 is 11.3 Å². The second-order valence-electron chi connectivity index (χ2n) is 5.03. The van der Waals surface area contributed by atoms with Gasteiger partial charge in [0.05, 0.1) is 6.61 Å². The quantitative estimate of drug-likeness (QED) is 0.706. The molecule has 0 saturated heterocycles. The van der Waals surface area contributed by atoms with Gasteiger partial charge in [-0.15, -0.1) is 0 Å². The number of anilines is 1. The predicted molar refractivity (Wildman–Crippen MR) is 92.2 cm³/mol. The monoisotopic (exact) mass is 343 g/mol. The van der Waals surface area contributed by atoms with Gasteiger partial charge in [-0.25, -0.2) is 0 Å². The number of aryl methyl sites for hydroxylation is 1. The Bertz CT molecular complexity index is 782. The van der Waals surface area contributed by atoms with E-state index in [0.717, 1.165) is 17.0 Å². The predicted octanol–water partition coefficient (Wildman–Crippen LogP) is 3.77. The molecule has 0 radical (unpaired) electrons. The number of nitrogens with one attached hydrogen (secondary N) is 1. The minimum Gasteiger partial charge on any atom is -0.494 e. The minimum absolute atomic E-state index is 0.102. The number of amides is 1. The molecule has 7 heteroatoms. The van der Waals surface area contributed by atoms with Crippen LogP contribution in [0.4, 0.5) is 5.69 Å². The molecule has 1 amide bonds. The summed E-state index contributed by atoms with van der Waals surface area (Å²) < 4.78 is 10.5. The van der Waals surface area contributed by atoms with Gasteiger partial charge in [0.1, 0.15) is 5.75 Å². The van der Waals surface area contributed by atoms with Gasteiger partial charge in [0, 0.05) is 29.5 Å². The van der Waals surface area contributed by atoms with Crippen molar-refractivity contribution in [2.75, 3.05) is 11.9 Å². The largest absolute Gasteiger partial charge is 0.494 e. The van der Waals surface area contributed by atoms with E-state index in [9.17, 15) is 4.79 Å². The number of ether oxygens (including phenoxy) is 1. The maximum absolute atomic E-state index is 12.0. The molecule has 0 unspecified atom stereocenters. The fourth-order valence-corrected chi connectivity index (χ4v) is 2.74. The molecule has 0 fully saturated rings. The van der Waals surface area contributed by atoms with Gasteiger partial charge in [-0.1, -0.05) is 5.16 Å². The summed E-state index contributed by atoms with van der Waals surface area (Å²) in [4.78, 5) is 16.3. The third-order valence-electron chi connectivity index (χ3n) is 3.26. The Labute approximate surface area is 143 Å². The summed E-state index contributed by atoms with van der Waals surface area (Å²) in [7, 11) is 0. The van der Waals surface area contributed by atoms with Crippen LogP contribution in [-0.2, 0) is 11.2 Å². The van der Waals surface area contributed by atoms with Crippen LogP contribution in [0.15, 0.2) is 45.6 Å². The summed E-state index contributed by atoms with van der Waals surface area (Å²) >= 11 is 1.57. The number of rotatable bonds is 7. The molecule has 24 heavy (non-hydrogen) atoms. The van der Waals surface area contributed by atoms with E-state index in [1.165, 1.54) is 0 Å². The van der Waals surface area contributed by atoms with Crippen LogP contribution in [0.25, 0.3) is 11.4 Å². The van der Waals surface area contributed by atoms with Crippen molar-refractivity contribution in [3.05, 3.63) is 47.0 Å². The molecule has 124 valence electrons. The summed E-state index contributed by atoms with van der Waals surface area (Å²) in [6.07, 6.45) is 0.679. The molecule has 0 aliphatic heterocycles. The maximum atomic E-state index is 12.0. The maximum Gasteiger partial charge on any atom is 0.227 e. The fraction of sp³-hybridized carbons (Fsp3) is 0.235. The van der Waals surface area contributed by atoms with Crippen LogP contribution in [0, 0.1) is 0 Å². The zero-order chi connectivity index (χ0) is 16.8. The lowest BCUT2D eigenvalue weighted by Gasteiger charge is -2.06. The molecule has 0 aliphatic rings. The second kappa shape index (κ2) is 7.74. The molecular weight excluding hydrogens is 326 g/mol. The van der Waals surface area contributed by atoms with Gasteiger partial charge in [-0.3, -0.25) is 4.79 Å². The van der Waals surface area contributed by atoms with Crippen molar-refractivity contribution in [3.63, 3.8) is 0 Å². The molecule has 3 aromatic rings. The van der Waals surface area contributed by atoms with E-state index in [-0.39, 0.29) is 12.3 Å². The first kappa shape index (κ1) is 16.2. The van der Waals surface area contributed by atoms with Gasteiger partial charge >= 0.3 is 0 Å². The molecule has 2 heterocycles. The zero-order valence-corrected chi connectivity index (χ0v) is 14.0. The average Bonchev–Trinajstić information content (AvgIpc) is 3.26. The van der Waals surface area contributed by atoms with Crippen LogP contribution < -0.4 is 10.1 Å². The number of benzene rings is 1. The number of thiophene rings is 1. The van der Waals surface area contributed by atoms with Crippen LogP contribution in [-0.4, -0.2) is 22.7 Å². The van der Waals surface area contributed by atoms with E-state index < -0.39 is 0 Å². The normalized spacial score (nSPS) is 10.5. The van der Waals surface area contributed by atoms with Gasteiger partial charge in [0.15, 0.2) is 0 Å². The van der Waals surface area contributed by atoms with Gasteiger partial charge < -0.3 is 14.6 Å². The molecule has 0 spiro atoms. The Morgan fingerprint density at radius 2 is 2.12 bits per heavy atom. The molecular formula is C17H17N3O3S. The molecule has 1 aromatic carbocycles. The summed E-state index contributed by atoms with van der Waals surface area (Å²) in [5.74, 6) is 1.69. The molecule has 3 rings (SSSR count). The third-order valence-corrected chi connectivity index (χ3v) is 3.95. The van der Waals surface area contributed by atoms with E-state index in [1.54, 1.807) is 11.3 Å². The number of aromatic nitrogens is 2. The topological polar surface area (TPSA) is 77.2 Å². The Balaban J connectivity index is 1.50. The number of nitrogens with zero attached hydrogens (tertiary/aromatic N) is 2. The van der Waals surface area contributed by atoms with Crippen molar-refractivity contribution in [2.24, 2.45) is 0 Å². The average molecular weight is 343 g/mol. The SMILES string of the molecule is CCOc1ccc(NC(=O)CCc2nc(-c3ccsc3)no2)cc1. The van der Waals surface area contributed by atoms with Crippen molar-refractivity contribution in [1.29, 1.82) is 0 Å². The second-order valence-corrected chi connectivity index (χ2v) is 5.81. The Kier molecular flexibility index (Phi) is 5.22. The highest BCUT2D eigenvalue weighted by Crippen LogP contribution is 2.19. The van der Waals surface area contributed by atoms with E-state index in [4.69, 9.17) is 9.26 Å². The van der Waals surface area contributed by atoms with Gasteiger partial charge in [-0.2, -0.15) is 16.3 Å². The third kappa shape index (κ3) is 4.20. The summed E-state index contributed by atoms with van der Waals surface area (Å²) in [6.45, 7) is 2.54. The van der Waals surface area contributed by atoms with Crippen molar-refractivity contribution in [2.45, 2.75) is 19.8 Å². The smallest absolute Gasteiger partial charge is 0.227 e. The first-order valence-electron chi connectivity index (χ1n) is 7.62. The standard InChI is InChI=1S/C17H17N3O3S/c1-2-22-14-5-3-13(4-6-14)18-15(21)7-8-16-19-17(20-23-16)12-9-10-24-11-12/h3-6,9-11H,2,7-8H2,1H3,(H,18,21). The molecule has 0 bridgehead atoms. The molecule has 6 nitrogen and oxygen atoms in total. The highest BCUT2D eigenvalue weighted by atomic mass is 32.1. The first-order valence-corrected chi connectivity index (χ1v) is 8.56. The number of hydrogen-bond donors (Lipinski definition) is 1. The van der Waals surface area contributed by atoms with E-state index in [2.05, 4.69) is 15.5 Å². The molecule has 0 aliphatic carbocycles. The molecule has 1 N–H and O–H groups in total. The van der Waals surface area contributed by atoms with Crippen LogP contribution in [0.5, 0.6) is 5.75 Å². The number of carbonyl (C=O) groups is 1. The highest BCUT2D eigenvalue weighted by molar-refractivity contribution is 7.08. The summed E-state index contributed by atoms with van der Waals surface area (Å²) in [5, 5.41) is 10.7. The lowest BCUT2D eigenvalue weighted by Crippen LogP contribution is -2.12. The van der Waals surface area contributed by atoms with Gasteiger partial charge in [0.2, 0.25) is 17.6 Å². The Hall–Kier alpha value is -2.67. The molecule has 0 saturated carbocycles. The van der Waals surface area contributed by atoms with Crippen molar-refractivity contribution in [1.82, 2.24) is 10.1 Å². The van der Waals surface area contributed by atoms with E-state index >= 15 is 0 Å². The summed E-state index contributed by atoms with van der Waals surface area (Å²) in [6, 6.07) is 9.20. The van der Waals surface area contributed by atoms with Crippen molar-refractivity contribution < 1.29 is 14.1 Å². The van der Waals surface area contributed by atoms with E-state index in [0.29, 0.717) is 24.7 Å². The molecule has 0 atom stereocenters. The van der Waals surface area contributed by atoms with Crippen LogP contribution in [0.3, 0.4) is 0 Å². The first-order chi connectivity index (χ1) is 11.7. The van der Waals surface area contributed by atoms with Gasteiger partial charge in [0.25, 0.3) is 0 Å². The fourth-order valence-electron chi connectivity index (χ4n) is 2.11. The lowest BCUT2D eigenvalue weighted by atomic mass is 10.2. The van der Waals surface area contributed by atoms with E-state index in [1.807, 2.05) is 48.0 Å². The number of hydrogen-bond acceptors (Lipinski definition) is 6. The number of carbonyl (C=O) groups excluding carboxylic acids is 1. The van der Waals surface area contributed by atoms with Crippen LogP contribution in [0.2, 0.25) is 0 Å².